The summed E-state index contributed by atoms with van der Waals surface area (Å²) < 4.78 is 0. The molecule has 0 fully saturated rings. The van der Waals surface area contributed by atoms with Gasteiger partial charge >= 0.3 is 0 Å². The number of carbonyl (C=O) groups excluding carboxylic acids is 1. The van der Waals surface area contributed by atoms with Crippen LogP contribution in [0.25, 0.3) is 10.6 Å². The summed E-state index contributed by atoms with van der Waals surface area (Å²) in [5.74, 6) is -0.283. The first kappa shape index (κ1) is 16.3. The van der Waals surface area contributed by atoms with Crippen LogP contribution in [0.1, 0.15) is 28.0 Å². The van der Waals surface area contributed by atoms with Gasteiger partial charge in [-0.3, -0.25) is 4.79 Å². The van der Waals surface area contributed by atoms with Gasteiger partial charge in [0.15, 0.2) is 5.13 Å². The van der Waals surface area contributed by atoms with Gasteiger partial charge in [-0.1, -0.05) is 30.3 Å². The summed E-state index contributed by atoms with van der Waals surface area (Å²) in [7, 11) is 0. The van der Waals surface area contributed by atoms with Gasteiger partial charge in [-0.15, -0.1) is 22.7 Å². The van der Waals surface area contributed by atoms with Crippen molar-refractivity contribution in [2.45, 2.75) is 13.8 Å². The lowest BCUT2D eigenvalue weighted by Gasteiger charge is -1.99. The fourth-order valence-corrected chi connectivity index (χ4v) is 3.58. The molecule has 1 aromatic carbocycles. The molecule has 3 aromatic rings. The van der Waals surface area contributed by atoms with Crippen LogP contribution in [0.2, 0.25) is 0 Å². The van der Waals surface area contributed by atoms with E-state index in [1.165, 1.54) is 22.7 Å². The molecule has 3 rings (SSSR count). The Labute approximate surface area is 147 Å². The molecule has 3 N–H and O–H groups in total. The van der Waals surface area contributed by atoms with Gasteiger partial charge in [-0.2, -0.15) is 5.10 Å². The number of aromatic nitrogens is 2. The maximum atomic E-state index is 12.4. The van der Waals surface area contributed by atoms with Crippen LogP contribution in [0.15, 0.2) is 40.8 Å². The Bertz CT molecular complexity index is 898. The Balaban J connectivity index is 1.77. The summed E-state index contributed by atoms with van der Waals surface area (Å²) in [6.07, 6.45) is 0. The fourth-order valence-electron chi connectivity index (χ4n) is 2.01. The quantitative estimate of drug-likeness (QED) is 0.553. The van der Waals surface area contributed by atoms with Crippen molar-refractivity contribution in [1.29, 1.82) is 0 Å². The molecule has 0 spiro atoms. The lowest BCUT2D eigenvalue weighted by molar-refractivity contribution is 0.0958. The third-order valence-corrected chi connectivity index (χ3v) is 5.12. The molecule has 0 aliphatic rings. The smallest absolute Gasteiger partial charge is 0.283 e. The highest BCUT2D eigenvalue weighted by molar-refractivity contribution is 7.17. The van der Waals surface area contributed by atoms with E-state index in [-0.39, 0.29) is 5.91 Å². The van der Waals surface area contributed by atoms with E-state index in [1.807, 2.05) is 37.3 Å². The second kappa shape index (κ2) is 6.90. The van der Waals surface area contributed by atoms with E-state index in [2.05, 4.69) is 20.5 Å². The van der Waals surface area contributed by atoms with Crippen molar-refractivity contribution in [3.05, 3.63) is 52.0 Å². The van der Waals surface area contributed by atoms with Gasteiger partial charge in [0, 0.05) is 10.9 Å². The van der Waals surface area contributed by atoms with E-state index in [1.54, 1.807) is 12.3 Å². The number of hydrogen-bond acceptors (Lipinski definition) is 7. The third kappa shape index (κ3) is 3.50. The Hall–Kier alpha value is -2.58. The van der Waals surface area contributed by atoms with Crippen molar-refractivity contribution in [2.75, 3.05) is 5.73 Å². The van der Waals surface area contributed by atoms with Crippen molar-refractivity contribution in [2.24, 2.45) is 5.10 Å². The number of hydrazone groups is 1. The van der Waals surface area contributed by atoms with Crippen molar-refractivity contribution >= 4 is 39.4 Å². The molecule has 0 aliphatic heterocycles. The molecule has 122 valence electrons. The van der Waals surface area contributed by atoms with Gasteiger partial charge in [0.05, 0.1) is 17.1 Å². The molecule has 6 nitrogen and oxygen atoms in total. The van der Waals surface area contributed by atoms with Crippen LogP contribution in [-0.4, -0.2) is 21.6 Å². The second-order valence-corrected chi connectivity index (χ2v) is 6.90. The fraction of sp³-hybridized carbons (Fsp3) is 0.125. The average molecular weight is 357 g/mol. The normalized spacial score (nSPS) is 11.5. The average Bonchev–Trinajstić information content (AvgIpc) is 3.19. The van der Waals surface area contributed by atoms with E-state index in [4.69, 9.17) is 5.73 Å². The maximum absolute atomic E-state index is 12.4. The van der Waals surface area contributed by atoms with E-state index >= 15 is 0 Å². The van der Waals surface area contributed by atoms with Crippen LogP contribution in [-0.2, 0) is 0 Å². The second-order valence-electron chi connectivity index (χ2n) is 5.01. The zero-order chi connectivity index (χ0) is 17.1. The molecule has 0 radical (unpaired) electrons. The minimum absolute atomic E-state index is 0.283. The number of amides is 1. The molecule has 2 heterocycles. The first-order valence-electron chi connectivity index (χ1n) is 7.13. The number of anilines is 1. The number of aryl methyl sites for hydroxylation is 1. The number of carbonyl (C=O) groups is 1. The van der Waals surface area contributed by atoms with Crippen LogP contribution in [0.4, 0.5) is 5.13 Å². The number of benzene rings is 1. The molecular weight excluding hydrogens is 342 g/mol. The van der Waals surface area contributed by atoms with Crippen LogP contribution in [0, 0.1) is 6.92 Å². The van der Waals surface area contributed by atoms with Gasteiger partial charge in [-0.25, -0.2) is 15.4 Å². The molecule has 0 aliphatic carbocycles. The lowest BCUT2D eigenvalue weighted by Crippen LogP contribution is -2.19. The number of hydrogen-bond donors (Lipinski definition) is 2. The molecule has 8 heteroatoms. The molecule has 2 aromatic heterocycles. The molecule has 24 heavy (non-hydrogen) atoms. The zero-order valence-corrected chi connectivity index (χ0v) is 14.7. The van der Waals surface area contributed by atoms with E-state index in [9.17, 15) is 4.79 Å². The number of nitrogens with zero attached hydrogens (tertiary/aromatic N) is 3. The van der Waals surface area contributed by atoms with Crippen molar-refractivity contribution in [3.63, 3.8) is 0 Å². The Morgan fingerprint density at radius 2 is 2.00 bits per heavy atom. The summed E-state index contributed by atoms with van der Waals surface area (Å²) >= 11 is 2.68. The van der Waals surface area contributed by atoms with E-state index in [0.717, 1.165) is 10.6 Å². The lowest BCUT2D eigenvalue weighted by atomic mass is 10.2. The standard InChI is InChI=1S/C16H15N5OS2/c1-9(12-8-23-16(17)19-12)20-21-14(22)13-10(2)18-15(24-13)11-6-4-3-5-7-11/h3-8H,1-2H3,(H2,17,19)(H,21,22). The van der Waals surface area contributed by atoms with Crippen LogP contribution < -0.4 is 11.2 Å². The predicted molar refractivity (Wildman–Crippen MR) is 98.5 cm³/mol. The number of thiazole rings is 2. The number of nitrogen functional groups attached to an aromatic ring is 1. The molecular formula is C16H15N5OS2. The summed E-state index contributed by atoms with van der Waals surface area (Å²) in [6, 6.07) is 9.77. The summed E-state index contributed by atoms with van der Waals surface area (Å²) in [6.45, 7) is 3.58. The zero-order valence-electron chi connectivity index (χ0n) is 13.1. The van der Waals surface area contributed by atoms with Crippen LogP contribution >= 0.6 is 22.7 Å². The van der Waals surface area contributed by atoms with Gasteiger partial charge in [0.1, 0.15) is 9.88 Å². The van der Waals surface area contributed by atoms with E-state index in [0.29, 0.717) is 27.1 Å². The van der Waals surface area contributed by atoms with Crippen molar-refractivity contribution in [3.8, 4) is 10.6 Å². The minimum Gasteiger partial charge on any atom is -0.375 e. The van der Waals surface area contributed by atoms with Gasteiger partial charge < -0.3 is 5.73 Å². The van der Waals surface area contributed by atoms with Crippen LogP contribution in [0.5, 0.6) is 0 Å². The Kier molecular flexibility index (Phi) is 4.68. The van der Waals surface area contributed by atoms with Gasteiger partial charge in [0.2, 0.25) is 0 Å². The largest absolute Gasteiger partial charge is 0.375 e. The molecule has 0 saturated heterocycles. The highest BCUT2D eigenvalue weighted by atomic mass is 32.1. The highest BCUT2D eigenvalue weighted by Gasteiger charge is 2.16. The number of nitrogens with two attached hydrogens (primary N) is 1. The van der Waals surface area contributed by atoms with Crippen molar-refractivity contribution < 1.29 is 4.79 Å². The van der Waals surface area contributed by atoms with Crippen molar-refractivity contribution in [1.82, 2.24) is 15.4 Å². The Morgan fingerprint density at radius 1 is 1.25 bits per heavy atom. The maximum Gasteiger partial charge on any atom is 0.283 e. The SMILES string of the molecule is CC(=NNC(=O)c1sc(-c2ccccc2)nc1C)c1csc(N)n1. The summed E-state index contributed by atoms with van der Waals surface area (Å²) in [5, 5.41) is 7.17. The number of nitrogens with one attached hydrogen (secondary N) is 1. The summed E-state index contributed by atoms with van der Waals surface area (Å²) in [4.78, 5) is 21.5. The molecule has 0 unspecified atom stereocenters. The predicted octanol–water partition coefficient (Wildman–Crippen LogP) is 3.31. The summed E-state index contributed by atoms with van der Waals surface area (Å²) in [5.41, 5.74) is 11.1. The van der Waals surface area contributed by atoms with E-state index < -0.39 is 0 Å². The third-order valence-electron chi connectivity index (χ3n) is 3.24. The first-order valence-corrected chi connectivity index (χ1v) is 8.83. The van der Waals surface area contributed by atoms with Crippen LogP contribution in [0.3, 0.4) is 0 Å². The topological polar surface area (TPSA) is 93.3 Å². The first-order chi connectivity index (χ1) is 11.5. The highest BCUT2D eigenvalue weighted by Crippen LogP contribution is 2.27. The number of rotatable bonds is 4. The van der Waals surface area contributed by atoms with Gasteiger partial charge in [-0.05, 0) is 13.8 Å². The molecule has 0 saturated carbocycles. The molecule has 0 atom stereocenters. The monoisotopic (exact) mass is 357 g/mol. The minimum atomic E-state index is -0.283. The molecule has 0 bridgehead atoms. The Morgan fingerprint density at radius 3 is 2.67 bits per heavy atom. The van der Waals surface area contributed by atoms with Gasteiger partial charge in [0.25, 0.3) is 5.91 Å². The molecule has 1 amide bonds.